The molecule has 1 aliphatic heterocycles. The number of carboxylic acid groups (broad SMARTS) is 1. The number of carbonyl (C=O) groups is 2. The molecule has 0 aliphatic carbocycles. The highest BCUT2D eigenvalue weighted by molar-refractivity contribution is 6.31. The second kappa shape index (κ2) is 8.19. The Morgan fingerprint density at radius 3 is 2.74 bits per heavy atom. The maximum absolute atomic E-state index is 13.5. The summed E-state index contributed by atoms with van der Waals surface area (Å²) in [6.07, 6.45) is 1.60. The van der Waals surface area contributed by atoms with Gasteiger partial charge in [0.2, 0.25) is 0 Å². The van der Waals surface area contributed by atoms with Gasteiger partial charge < -0.3 is 20.2 Å². The van der Waals surface area contributed by atoms with E-state index < -0.39 is 23.3 Å². The zero-order valence-corrected chi connectivity index (χ0v) is 20.2. The lowest BCUT2D eigenvalue weighted by Gasteiger charge is -2.46. The van der Waals surface area contributed by atoms with Crippen LogP contribution in [0.3, 0.4) is 0 Å². The molecule has 1 unspecified atom stereocenters. The minimum atomic E-state index is -0.998. The zero-order chi connectivity index (χ0) is 25.1. The van der Waals surface area contributed by atoms with Gasteiger partial charge in [-0.1, -0.05) is 32.4 Å². The topological polar surface area (TPSA) is 153 Å². The number of hydrogen-bond donors (Lipinski definition) is 2. The van der Waals surface area contributed by atoms with Gasteiger partial charge in [0, 0.05) is 11.6 Å². The van der Waals surface area contributed by atoms with E-state index in [0.717, 1.165) is 0 Å². The molecular formula is C23H24ClN7O4. The number of hydrogen-bond acceptors (Lipinski definition) is 8. The summed E-state index contributed by atoms with van der Waals surface area (Å²) in [5.74, 6) is -0.664. The Balaban J connectivity index is 1.67. The number of benzene rings is 1. The standard InChI is InChI=1S/C23H24ClN7O4/c1-23(2,3)18-13(5-4-8-30(18)22(33)34)31-20-15(19(25)26-10-27-20)16(29-31)17(32)21-28-12-9-11(24)6-7-14(12)35-21/h6-7,9-10,13,18H,4-5,8H2,1-3H3,(H,33,34)(H2,25,26,27)/t13?,18-/m0/s1. The van der Waals surface area contributed by atoms with Crippen LogP contribution in [-0.2, 0) is 0 Å². The molecule has 0 spiro atoms. The number of nitrogens with zero attached hydrogens (tertiary/aromatic N) is 6. The molecule has 1 aliphatic rings. The lowest BCUT2D eigenvalue weighted by atomic mass is 9.77. The van der Waals surface area contributed by atoms with Crippen molar-refractivity contribution in [3.63, 3.8) is 0 Å². The van der Waals surface area contributed by atoms with Crippen LogP contribution in [0.5, 0.6) is 0 Å². The third-order valence-corrected chi connectivity index (χ3v) is 6.56. The molecule has 182 valence electrons. The molecule has 0 saturated carbocycles. The van der Waals surface area contributed by atoms with Crippen LogP contribution >= 0.6 is 11.6 Å². The summed E-state index contributed by atoms with van der Waals surface area (Å²) in [6, 6.07) is 4.08. The predicted molar refractivity (Wildman–Crippen MR) is 128 cm³/mol. The summed E-state index contributed by atoms with van der Waals surface area (Å²) in [6.45, 7) is 6.37. The minimum absolute atomic E-state index is 0.00383. The number of likely N-dealkylation sites (tertiary alicyclic amines) is 1. The molecule has 12 heteroatoms. The van der Waals surface area contributed by atoms with Crippen molar-refractivity contribution in [2.24, 2.45) is 5.41 Å². The van der Waals surface area contributed by atoms with Crippen LogP contribution in [0.4, 0.5) is 10.6 Å². The molecule has 3 N–H and O–H groups in total. The maximum Gasteiger partial charge on any atom is 0.407 e. The van der Waals surface area contributed by atoms with Crippen LogP contribution in [0.2, 0.25) is 5.02 Å². The van der Waals surface area contributed by atoms with E-state index in [0.29, 0.717) is 41.2 Å². The molecular weight excluding hydrogens is 474 g/mol. The lowest BCUT2D eigenvalue weighted by molar-refractivity contribution is 0.0247. The summed E-state index contributed by atoms with van der Waals surface area (Å²) < 4.78 is 7.29. The number of amides is 1. The van der Waals surface area contributed by atoms with E-state index in [1.807, 2.05) is 20.8 Å². The number of nitrogens with two attached hydrogens (primary N) is 1. The Kier molecular flexibility index (Phi) is 5.39. The van der Waals surface area contributed by atoms with Gasteiger partial charge in [0.15, 0.2) is 16.9 Å². The second-order valence-electron chi connectivity index (χ2n) is 9.71. The number of oxazole rings is 1. The first kappa shape index (κ1) is 23.0. The molecule has 35 heavy (non-hydrogen) atoms. The molecule has 1 saturated heterocycles. The van der Waals surface area contributed by atoms with Crippen molar-refractivity contribution < 1.29 is 19.1 Å². The van der Waals surface area contributed by atoms with Crippen LogP contribution in [0.25, 0.3) is 22.1 Å². The number of fused-ring (bicyclic) bond motifs is 2. The van der Waals surface area contributed by atoms with Gasteiger partial charge in [0.25, 0.3) is 11.7 Å². The fourth-order valence-corrected chi connectivity index (χ4v) is 5.14. The highest BCUT2D eigenvalue weighted by Gasteiger charge is 2.44. The van der Waals surface area contributed by atoms with Crippen molar-refractivity contribution in [1.29, 1.82) is 0 Å². The first-order valence-corrected chi connectivity index (χ1v) is 11.5. The summed E-state index contributed by atoms with van der Waals surface area (Å²) in [5, 5.41) is 15.3. The number of aromatic nitrogens is 5. The van der Waals surface area contributed by atoms with Gasteiger partial charge in [0.05, 0.1) is 17.5 Å². The maximum atomic E-state index is 13.5. The molecule has 0 bridgehead atoms. The van der Waals surface area contributed by atoms with Crippen molar-refractivity contribution >= 4 is 51.4 Å². The molecule has 1 aromatic carbocycles. The van der Waals surface area contributed by atoms with Gasteiger partial charge in [-0.3, -0.25) is 4.79 Å². The quantitative estimate of drug-likeness (QED) is 0.397. The lowest BCUT2D eigenvalue weighted by Crippen LogP contribution is -2.54. The molecule has 4 aromatic rings. The molecule has 5 rings (SSSR count). The molecule has 4 heterocycles. The van der Waals surface area contributed by atoms with Gasteiger partial charge >= 0.3 is 6.09 Å². The van der Waals surface area contributed by atoms with E-state index >= 15 is 0 Å². The summed E-state index contributed by atoms with van der Waals surface area (Å²) in [5.41, 5.74) is 6.96. The summed E-state index contributed by atoms with van der Waals surface area (Å²) >= 11 is 6.04. The SMILES string of the molecule is CC(C)(C)[C@@H]1C(n2nc(C(=O)c3nc4cc(Cl)ccc4o3)c3c(N)ncnc32)CCCN1C(=O)O. The van der Waals surface area contributed by atoms with Gasteiger partial charge in [0.1, 0.15) is 17.7 Å². The van der Waals surface area contributed by atoms with Crippen LogP contribution in [-0.4, -0.2) is 59.2 Å². The fourth-order valence-electron chi connectivity index (χ4n) is 4.98. The number of anilines is 1. The first-order chi connectivity index (χ1) is 16.6. The third kappa shape index (κ3) is 3.85. The third-order valence-electron chi connectivity index (χ3n) is 6.32. The number of nitrogen functional groups attached to an aromatic ring is 1. The first-order valence-electron chi connectivity index (χ1n) is 11.2. The summed E-state index contributed by atoms with van der Waals surface area (Å²) in [7, 11) is 0. The Hall–Kier alpha value is -3.73. The minimum Gasteiger partial charge on any atom is -0.465 e. The number of halogens is 1. The number of rotatable bonds is 3. The van der Waals surface area contributed by atoms with Crippen LogP contribution in [0, 0.1) is 5.41 Å². The Labute approximate surface area is 204 Å². The zero-order valence-electron chi connectivity index (χ0n) is 19.4. The van der Waals surface area contributed by atoms with Gasteiger partial charge in [-0.25, -0.2) is 24.4 Å². The Morgan fingerprint density at radius 1 is 1.26 bits per heavy atom. The molecule has 3 aromatic heterocycles. The normalized spacial score (nSPS) is 18.9. The van der Waals surface area contributed by atoms with Crippen molar-refractivity contribution in [3.05, 3.63) is 41.1 Å². The van der Waals surface area contributed by atoms with Gasteiger partial charge in [-0.15, -0.1) is 0 Å². The smallest absolute Gasteiger partial charge is 0.407 e. The fraction of sp³-hybridized carbons (Fsp3) is 0.391. The van der Waals surface area contributed by atoms with Gasteiger partial charge in [-0.2, -0.15) is 5.10 Å². The van der Waals surface area contributed by atoms with E-state index in [1.54, 1.807) is 22.9 Å². The molecule has 1 amide bonds. The average Bonchev–Trinajstić information content (AvgIpc) is 3.39. The Morgan fingerprint density at radius 2 is 2.03 bits per heavy atom. The number of carbonyl (C=O) groups excluding carboxylic acids is 1. The molecule has 11 nitrogen and oxygen atoms in total. The monoisotopic (exact) mass is 497 g/mol. The number of ketones is 1. The second-order valence-corrected chi connectivity index (χ2v) is 10.1. The van der Waals surface area contributed by atoms with E-state index in [9.17, 15) is 14.7 Å². The molecule has 0 radical (unpaired) electrons. The van der Waals surface area contributed by atoms with Crippen LogP contribution < -0.4 is 5.73 Å². The highest BCUT2D eigenvalue weighted by atomic mass is 35.5. The largest absolute Gasteiger partial charge is 0.465 e. The van der Waals surface area contributed by atoms with Crippen LogP contribution in [0.15, 0.2) is 28.9 Å². The average molecular weight is 498 g/mol. The highest BCUT2D eigenvalue weighted by Crippen LogP contribution is 2.40. The van der Waals surface area contributed by atoms with Crippen molar-refractivity contribution in [2.75, 3.05) is 12.3 Å². The van der Waals surface area contributed by atoms with E-state index in [2.05, 4.69) is 20.1 Å². The van der Waals surface area contributed by atoms with Crippen molar-refractivity contribution in [1.82, 2.24) is 29.6 Å². The number of piperidine rings is 1. The van der Waals surface area contributed by atoms with E-state index in [1.165, 1.54) is 11.2 Å². The van der Waals surface area contributed by atoms with E-state index in [-0.39, 0.29) is 28.8 Å². The summed E-state index contributed by atoms with van der Waals surface area (Å²) in [4.78, 5) is 39.8. The molecule has 2 atom stereocenters. The molecule has 1 fully saturated rings. The van der Waals surface area contributed by atoms with Crippen molar-refractivity contribution in [3.8, 4) is 0 Å². The van der Waals surface area contributed by atoms with Gasteiger partial charge in [-0.05, 0) is 36.5 Å². The van der Waals surface area contributed by atoms with E-state index in [4.69, 9.17) is 21.8 Å². The Bertz CT molecular complexity index is 1470. The van der Waals surface area contributed by atoms with Crippen molar-refractivity contribution in [2.45, 2.75) is 45.7 Å². The predicted octanol–water partition coefficient (Wildman–Crippen LogP) is 4.16. The van der Waals surface area contributed by atoms with Crippen LogP contribution in [0.1, 0.15) is 56.0 Å².